The fraction of sp³-hybridized carbons (Fsp3) is 0.600. The Labute approximate surface area is 116 Å². The van der Waals surface area contributed by atoms with Crippen LogP contribution in [0.1, 0.15) is 31.9 Å². The van der Waals surface area contributed by atoms with Gasteiger partial charge in [0.05, 0.1) is 0 Å². The van der Waals surface area contributed by atoms with Crippen LogP contribution in [0.2, 0.25) is 0 Å². The largest absolute Gasteiger partial charge is 0.372 e. The molecule has 0 saturated carbocycles. The number of benzene rings is 1. The lowest BCUT2D eigenvalue weighted by molar-refractivity contribution is 0.631. The first-order valence-electron chi connectivity index (χ1n) is 6.59. The Kier molecular flexibility index (Phi) is 6.58. The van der Waals surface area contributed by atoms with Crippen LogP contribution in [0.25, 0.3) is 0 Å². The molecule has 18 heavy (non-hydrogen) atoms. The standard InChI is InChI=1S/C15H26N2S/c1-12(10-11-18-5)17(4)15-9-7-6-8-14(15)13(2)16-3/h6-9,12-13,16H,10-11H2,1-5H3. The van der Waals surface area contributed by atoms with Gasteiger partial charge in [0.2, 0.25) is 0 Å². The van der Waals surface area contributed by atoms with Crippen LogP contribution >= 0.6 is 11.8 Å². The summed E-state index contributed by atoms with van der Waals surface area (Å²) >= 11 is 1.92. The Hall–Kier alpha value is -0.670. The third kappa shape index (κ3) is 3.92. The Balaban J connectivity index is 2.87. The monoisotopic (exact) mass is 266 g/mol. The van der Waals surface area contributed by atoms with Gasteiger partial charge in [-0.3, -0.25) is 0 Å². The quantitative estimate of drug-likeness (QED) is 0.812. The van der Waals surface area contributed by atoms with Crippen LogP contribution in [0.15, 0.2) is 24.3 Å². The number of anilines is 1. The van der Waals surface area contributed by atoms with E-state index in [4.69, 9.17) is 0 Å². The van der Waals surface area contributed by atoms with Crippen molar-refractivity contribution in [2.24, 2.45) is 0 Å². The molecule has 1 rings (SSSR count). The molecule has 0 aliphatic rings. The molecule has 0 bridgehead atoms. The van der Waals surface area contributed by atoms with Crippen molar-refractivity contribution in [1.82, 2.24) is 5.32 Å². The predicted octanol–water partition coefficient (Wildman–Crippen LogP) is 3.54. The lowest BCUT2D eigenvalue weighted by Gasteiger charge is -2.30. The summed E-state index contributed by atoms with van der Waals surface area (Å²) in [7, 11) is 4.21. The van der Waals surface area contributed by atoms with E-state index in [0.717, 1.165) is 0 Å². The van der Waals surface area contributed by atoms with Crippen molar-refractivity contribution in [1.29, 1.82) is 0 Å². The fourth-order valence-electron chi connectivity index (χ4n) is 2.05. The molecule has 0 amide bonds. The van der Waals surface area contributed by atoms with Crippen LogP contribution in [0.3, 0.4) is 0 Å². The Bertz CT molecular complexity index is 354. The molecule has 0 heterocycles. The van der Waals surface area contributed by atoms with Gasteiger partial charge in [-0.05, 0) is 51.0 Å². The molecule has 0 aliphatic heterocycles. The minimum Gasteiger partial charge on any atom is -0.372 e. The molecule has 2 atom stereocenters. The lowest BCUT2D eigenvalue weighted by Crippen LogP contribution is -2.31. The first kappa shape index (κ1) is 15.4. The number of nitrogens with zero attached hydrogens (tertiary/aromatic N) is 1. The summed E-state index contributed by atoms with van der Waals surface area (Å²) in [5.74, 6) is 1.22. The van der Waals surface area contributed by atoms with E-state index in [1.807, 2.05) is 18.8 Å². The Morgan fingerprint density at radius 1 is 1.28 bits per heavy atom. The molecular formula is C15H26N2S. The molecule has 1 N–H and O–H groups in total. The topological polar surface area (TPSA) is 15.3 Å². The second-order valence-electron chi connectivity index (χ2n) is 4.81. The summed E-state index contributed by atoms with van der Waals surface area (Å²) in [6.45, 7) is 4.51. The Morgan fingerprint density at radius 3 is 2.56 bits per heavy atom. The van der Waals surface area contributed by atoms with E-state index in [1.165, 1.54) is 23.4 Å². The highest BCUT2D eigenvalue weighted by Crippen LogP contribution is 2.27. The van der Waals surface area contributed by atoms with Crippen LogP contribution in [0, 0.1) is 0 Å². The molecule has 3 heteroatoms. The zero-order valence-corrected chi connectivity index (χ0v) is 13.1. The maximum atomic E-state index is 3.33. The van der Waals surface area contributed by atoms with Crippen molar-refractivity contribution in [2.45, 2.75) is 32.4 Å². The summed E-state index contributed by atoms with van der Waals surface area (Å²) in [6.07, 6.45) is 3.39. The molecule has 0 saturated heterocycles. The number of para-hydroxylation sites is 1. The highest BCUT2D eigenvalue weighted by molar-refractivity contribution is 7.98. The van der Waals surface area contributed by atoms with E-state index in [-0.39, 0.29) is 0 Å². The van der Waals surface area contributed by atoms with Gasteiger partial charge < -0.3 is 10.2 Å². The molecule has 1 aromatic carbocycles. The number of thioether (sulfide) groups is 1. The summed E-state index contributed by atoms with van der Waals surface area (Å²) in [5.41, 5.74) is 2.71. The van der Waals surface area contributed by atoms with Crippen molar-refractivity contribution in [3.05, 3.63) is 29.8 Å². The normalized spacial score (nSPS) is 14.3. The minimum atomic E-state index is 0.386. The highest BCUT2D eigenvalue weighted by atomic mass is 32.2. The molecule has 0 aromatic heterocycles. The van der Waals surface area contributed by atoms with E-state index < -0.39 is 0 Å². The van der Waals surface area contributed by atoms with Crippen LogP contribution in [-0.2, 0) is 0 Å². The maximum absolute atomic E-state index is 3.33. The van der Waals surface area contributed by atoms with Crippen molar-refractivity contribution in [3.8, 4) is 0 Å². The number of hydrogen-bond acceptors (Lipinski definition) is 3. The van der Waals surface area contributed by atoms with Gasteiger partial charge in [-0.1, -0.05) is 18.2 Å². The van der Waals surface area contributed by atoms with E-state index >= 15 is 0 Å². The van der Waals surface area contributed by atoms with Crippen LogP contribution < -0.4 is 10.2 Å². The predicted molar refractivity (Wildman–Crippen MR) is 84.8 cm³/mol. The molecular weight excluding hydrogens is 240 g/mol. The summed E-state index contributed by atoms with van der Waals surface area (Å²) in [4.78, 5) is 2.40. The molecule has 0 aliphatic carbocycles. The van der Waals surface area contributed by atoms with Crippen molar-refractivity contribution >= 4 is 17.4 Å². The average molecular weight is 266 g/mol. The van der Waals surface area contributed by atoms with Gasteiger partial charge in [-0.2, -0.15) is 11.8 Å². The van der Waals surface area contributed by atoms with Gasteiger partial charge in [-0.15, -0.1) is 0 Å². The van der Waals surface area contributed by atoms with Gasteiger partial charge >= 0.3 is 0 Å². The van der Waals surface area contributed by atoms with Gasteiger partial charge in [0.1, 0.15) is 0 Å². The van der Waals surface area contributed by atoms with Gasteiger partial charge in [0.15, 0.2) is 0 Å². The number of rotatable bonds is 7. The number of hydrogen-bond donors (Lipinski definition) is 1. The smallest absolute Gasteiger partial charge is 0.0414 e. The zero-order chi connectivity index (χ0) is 13.5. The van der Waals surface area contributed by atoms with Gasteiger partial charge in [0, 0.05) is 24.8 Å². The first-order valence-corrected chi connectivity index (χ1v) is 7.99. The van der Waals surface area contributed by atoms with Crippen molar-refractivity contribution in [3.63, 3.8) is 0 Å². The fourth-order valence-corrected chi connectivity index (χ4v) is 2.63. The molecule has 0 radical (unpaired) electrons. The molecule has 1 aromatic rings. The van der Waals surface area contributed by atoms with E-state index in [0.29, 0.717) is 12.1 Å². The second-order valence-corrected chi connectivity index (χ2v) is 5.80. The second kappa shape index (κ2) is 7.70. The van der Waals surface area contributed by atoms with E-state index in [2.05, 4.69) is 61.6 Å². The van der Waals surface area contributed by atoms with Crippen molar-refractivity contribution in [2.75, 3.05) is 31.0 Å². The molecule has 0 fully saturated rings. The third-order valence-electron chi connectivity index (χ3n) is 3.62. The number of nitrogens with one attached hydrogen (secondary N) is 1. The molecule has 0 spiro atoms. The summed E-state index contributed by atoms with van der Waals surface area (Å²) in [6, 6.07) is 9.64. The van der Waals surface area contributed by atoms with Gasteiger partial charge in [-0.25, -0.2) is 0 Å². The highest BCUT2D eigenvalue weighted by Gasteiger charge is 2.15. The molecule has 2 nitrogen and oxygen atoms in total. The van der Waals surface area contributed by atoms with Crippen LogP contribution in [-0.4, -0.2) is 32.1 Å². The SMILES string of the molecule is CNC(C)c1ccccc1N(C)C(C)CCSC. The van der Waals surface area contributed by atoms with Gasteiger partial charge in [0.25, 0.3) is 0 Å². The van der Waals surface area contributed by atoms with Crippen molar-refractivity contribution < 1.29 is 0 Å². The minimum absolute atomic E-state index is 0.386. The summed E-state index contributed by atoms with van der Waals surface area (Å²) < 4.78 is 0. The zero-order valence-electron chi connectivity index (χ0n) is 12.2. The molecule has 2 unspecified atom stereocenters. The summed E-state index contributed by atoms with van der Waals surface area (Å²) in [5, 5.41) is 3.33. The Morgan fingerprint density at radius 2 is 1.94 bits per heavy atom. The van der Waals surface area contributed by atoms with Crippen LogP contribution in [0.5, 0.6) is 0 Å². The first-order chi connectivity index (χ1) is 8.61. The van der Waals surface area contributed by atoms with E-state index in [1.54, 1.807) is 0 Å². The third-order valence-corrected chi connectivity index (χ3v) is 4.26. The maximum Gasteiger partial charge on any atom is 0.0414 e. The molecule has 102 valence electrons. The average Bonchev–Trinajstić information content (AvgIpc) is 2.43. The van der Waals surface area contributed by atoms with E-state index in [9.17, 15) is 0 Å². The van der Waals surface area contributed by atoms with Crippen LogP contribution in [0.4, 0.5) is 5.69 Å². The lowest BCUT2D eigenvalue weighted by atomic mass is 10.0.